The molecule has 3 aromatic rings. The van der Waals surface area contributed by atoms with Gasteiger partial charge in [-0.2, -0.15) is 4.57 Å². The molecule has 0 bridgehead atoms. The topological polar surface area (TPSA) is 152 Å². The predicted molar refractivity (Wildman–Crippen MR) is 188 cm³/mol. The van der Waals surface area contributed by atoms with Crippen molar-refractivity contribution in [1.29, 1.82) is 0 Å². The van der Waals surface area contributed by atoms with E-state index in [1.165, 1.54) is 16.7 Å². The summed E-state index contributed by atoms with van der Waals surface area (Å²) in [6.07, 6.45) is 4.13. The Bertz CT molecular complexity index is 1850. The van der Waals surface area contributed by atoms with Crippen LogP contribution in [0.4, 0.5) is 4.79 Å². The highest BCUT2D eigenvalue weighted by atomic mass is 32.2. The number of amides is 4. The van der Waals surface area contributed by atoms with Crippen molar-refractivity contribution in [3.8, 4) is 0 Å². The van der Waals surface area contributed by atoms with E-state index in [-0.39, 0.29) is 18.1 Å². The van der Waals surface area contributed by atoms with E-state index in [1.807, 2.05) is 72.8 Å². The molecule has 2 fully saturated rings. The Hall–Kier alpha value is -5.43. The average Bonchev–Trinajstić information content (AvgIpc) is 3.44. The zero-order chi connectivity index (χ0) is 36.3. The zero-order valence-corrected chi connectivity index (χ0v) is 29.4. The number of hydrogen-bond acceptors (Lipinski definition) is 8. The molecule has 4 amide bonds. The van der Waals surface area contributed by atoms with E-state index in [0.29, 0.717) is 36.4 Å². The lowest BCUT2D eigenvalue weighted by Gasteiger charge is -2.49. The largest absolute Gasteiger partial charge is 0.448 e. The van der Waals surface area contributed by atoms with Gasteiger partial charge in [0.15, 0.2) is 18.5 Å². The second-order valence-corrected chi connectivity index (χ2v) is 14.6. The summed E-state index contributed by atoms with van der Waals surface area (Å²) in [5.41, 5.74) is 7.95. The van der Waals surface area contributed by atoms with Gasteiger partial charge in [0, 0.05) is 36.5 Å². The fourth-order valence-electron chi connectivity index (χ4n) is 6.19. The Morgan fingerprint density at radius 1 is 1.00 bits per heavy atom. The highest BCUT2D eigenvalue weighted by Crippen LogP contribution is 2.42. The number of carbonyl (C=O) groups is 5. The lowest BCUT2D eigenvalue weighted by molar-refractivity contribution is -0.684. The number of fused-ring (bicyclic) bond motifs is 1. The molecule has 12 nitrogen and oxygen atoms in total. The summed E-state index contributed by atoms with van der Waals surface area (Å²) in [6, 6.07) is 21.4. The molecular weight excluding hydrogens is 671 g/mol. The normalized spacial score (nSPS) is 19.6. The number of alkyl carbamates (subject to hydrolysis) is 1. The number of primary amides is 1. The molecule has 3 N–H and O–H groups in total. The molecule has 0 spiro atoms. The summed E-state index contributed by atoms with van der Waals surface area (Å²) in [7, 11) is 0. The van der Waals surface area contributed by atoms with Gasteiger partial charge < -0.3 is 25.4 Å². The molecule has 0 aliphatic carbocycles. The first kappa shape index (κ1) is 35.4. The molecule has 2 aromatic carbocycles. The van der Waals surface area contributed by atoms with Crippen LogP contribution in [0, 0.1) is 0 Å². The lowest BCUT2D eigenvalue weighted by atomic mass is 10.00. The van der Waals surface area contributed by atoms with Gasteiger partial charge >= 0.3 is 12.1 Å². The lowest BCUT2D eigenvalue weighted by Crippen LogP contribution is -2.70. The summed E-state index contributed by atoms with van der Waals surface area (Å²) in [5, 5.41) is 2.09. The number of benzene rings is 2. The molecule has 1 aromatic heterocycles. The van der Waals surface area contributed by atoms with Crippen LogP contribution in [0.2, 0.25) is 0 Å². The van der Waals surface area contributed by atoms with Crippen LogP contribution in [0.5, 0.6) is 0 Å². The van der Waals surface area contributed by atoms with Crippen LogP contribution in [0.15, 0.2) is 108 Å². The molecule has 2 saturated heterocycles. The van der Waals surface area contributed by atoms with E-state index >= 15 is 0 Å². The molecular formula is C38H40N5O7S+. The Kier molecular flexibility index (Phi) is 10.3. The Labute approximate surface area is 300 Å². The molecule has 264 valence electrons. The maximum Gasteiger partial charge on any atom is 0.408 e. The number of nitrogens with two attached hydrogens (primary N) is 1. The first-order chi connectivity index (χ1) is 24.4. The van der Waals surface area contributed by atoms with Gasteiger partial charge in [-0.05, 0) is 55.5 Å². The Morgan fingerprint density at radius 3 is 2.22 bits per heavy atom. The third-order valence-corrected chi connectivity index (χ3v) is 9.83. The monoisotopic (exact) mass is 710 g/mol. The van der Waals surface area contributed by atoms with Crippen molar-refractivity contribution in [2.24, 2.45) is 5.73 Å². The van der Waals surface area contributed by atoms with Crippen molar-refractivity contribution in [2.75, 3.05) is 12.3 Å². The Morgan fingerprint density at radius 2 is 1.63 bits per heavy atom. The minimum atomic E-state index is -0.906. The number of rotatable bonds is 10. The van der Waals surface area contributed by atoms with Crippen LogP contribution < -0.4 is 15.6 Å². The van der Waals surface area contributed by atoms with E-state index in [1.54, 1.807) is 48.7 Å². The van der Waals surface area contributed by atoms with Crippen molar-refractivity contribution in [2.45, 2.75) is 63.4 Å². The SMILES string of the molecule is CC(C)(C)OC(=O)N[C@@H]1C(=O)N2C(C(=O)OC(c3ccccc3)c3ccccc3)=C(C=C3CCN(Cc4cc[n+](CC(N)=O)cc4)C3=O)CS[C@H]12. The molecule has 0 radical (unpaired) electrons. The van der Waals surface area contributed by atoms with Gasteiger partial charge in [-0.25, -0.2) is 9.59 Å². The summed E-state index contributed by atoms with van der Waals surface area (Å²) in [5.74, 6) is -1.53. The molecule has 4 heterocycles. The van der Waals surface area contributed by atoms with Crippen molar-refractivity contribution in [3.63, 3.8) is 0 Å². The summed E-state index contributed by atoms with van der Waals surface area (Å²) in [4.78, 5) is 68.6. The summed E-state index contributed by atoms with van der Waals surface area (Å²) in [6.45, 7) is 6.08. The second kappa shape index (κ2) is 14.8. The quantitative estimate of drug-likeness (QED) is 0.140. The van der Waals surface area contributed by atoms with Gasteiger partial charge in [0.1, 0.15) is 22.7 Å². The number of pyridine rings is 1. The molecule has 51 heavy (non-hydrogen) atoms. The van der Waals surface area contributed by atoms with Crippen molar-refractivity contribution >= 4 is 41.5 Å². The zero-order valence-electron chi connectivity index (χ0n) is 28.6. The molecule has 2 atom stereocenters. The van der Waals surface area contributed by atoms with Crippen LogP contribution in [-0.4, -0.2) is 68.9 Å². The van der Waals surface area contributed by atoms with Crippen LogP contribution in [0.25, 0.3) is 0 Å². The molecule has 0 saturated carbocycles. The molecule has 6 rings (SSSR count). The van der Waals surface area contributed by atoms with Gasteiger partial charge in [0.25, 0.3) is 11.8 Å². The van der Waals surface area contributed by atoms with E-state index in [0.717, 1.165) is 16.7 Å². The van der Waals surface area contributed by atoms with Crippen LogP contribution in [0.3, 0.4) is 0 Å². The number of likely N-dealkylation sites (tertiary alicyclic amines) is 1. The number of β-lactam (4-membered cyclic amide) rings is 1. The summed E-state index contributed by atoms with van der Waals surface area (Å²) < 4.78 is 13.3. The van der Waals surface area contributed by atoms with Crippen molar-refractivity contribution < 1.29 is 38.0 Å². The highest BCUT2D eigenvalue weighted by Gasteiger charge is 2.55. The molecule has 3 aliphatic rings. The van der Waals surface area contributed by atoms with Crippen LogP contribution >= 0.6 is 11.8 Å². The summed E-state index contributed by atoms with van der Waals surface area (Å²) >= 11 is 1.38. The number of carbonyl (C=O) groups excluding carboxylic acids is 5. The minimum absolute atomic E-state index is 0.0451. The third kappa shape index (κ3) is 8.15. The van der Waals surface area contributed by atoms with E-state index in [2.05, 4.69) is 5.32 Å². The number of aromatic nitrogens is 1. The van der Waals surface area contributed by atoms with E-state index in [4.69, 9.17) is 15.2 Å². The van der Waals surface area contributed by atoms with Gasteiger partial charge in [0.2, 0.25) is 12.5 Å². The number of ether oxygens (including phenoxy) is 2. The van der Waals surface area contributed by atoms with E-state index in [9.17, 15) is 24.0 Å². The maximum absolute atomic E-state index is 14.3. The first-order valence-electron chi connectivity index (χ1n) is 16.6. The van der Waals surface area contributed by atoms with Crippen LogP contribution in [-0.2, 0) is 41.7 Å². The second-order valence-electron chi connectivity index (χ2n) is 13.5. The highest BCUT2D eigenvalue weighted by molar-refractivity contribution is 8.00. The standard InChI is InChI=1S/C38H39N5O7S/c1-38(2,3)50-37(48)40-30-34(46)43-31(36(47)49-32(25-10-6-4-7-11-25)26-12-8-5-9-13-26)28(23-51-35(30)43)20-27-16-19-42(33(27)45)21-24-14-17-41(18-15-24)22-29(39)44/h4-15,17-18,20,30,32,35H,16,19,21-23H2,1-3H3,(H2-,39,40,44,48)/p+1/t30-,35-/m1/s1. The minimum Gasteiger partial charge on any atom is -0.448 e. The number of thioether (sulfide) groups is 1. The number of hydrogen-bond donors (Lipinski definition) is 2. The van der Waals surface area contributed by atoms with E-state index < -0.39 is 47.0 Å². The fourth-order valence-corrected chi connectivity index (χ4v) is 7.49. The van der Waals surface area contributed by atoms with Gasteiger partial charge in [0.05, 0.1) is 0 Å². The van der Waals surface area contributed by atoms with Crippen molar-refractivity contribution in [3.05, 3.63) is 125 Å². The predicted octanol–water partition coefficient (Wildman–Crippen LogP) is 3.51. The van der Waals surface area contributed by atoms with Crippen LogP contribution in [0.1, 0.15) is 50.0 Å². The third-order valence-electron chi connectivity index (χ3n) is 8.53. The van der Waals surface area contributed by atoms with Gasteiger partial charge in [-0.1, -0.05) is 60.7 Å². The average molecular weight is 711 g/mol. The number of esters is 1. The number of nitrogens with one attached hydrogen (secondary N) is 1. The molecule has 0 unspecified atom stereocenters. The fraction of sp³-hybridized carbons (Fsp3) is 0.316. The van der Waals surface area contributed by atoms with Crippen molar-refractivity contribution in [1.82, 2.24) is 15.1 Å². The first-order valence-corrected chi connectivity index (χ1v) is 17.7. The number of nitrogens with zero attached hydrogens (tertiary/aromatic N) is 3. The molecule has 3 aliphatic heterocycles. The van der Waals surface area contributed by atoms with Gasteiger partial charge in [-0.15, -0.1) is 11.8 Å². The van der Waals surface area contributed by atoms with Gasteiger partial charge in [-0.3, -0.25) is 19.3 Å². The molecule has 13 heteroatoms. The Balaban J connectivity index is 1.29. The number of allylic oxidation sites excluding steroid dienone is 1. The maximum atomic E-state index is 14.3. The smallest absolute Gasteiger partial charge is 0.408 e.